The summed E-state index contributed by atoms with van der Waals surface area (Å²) in [5.41, 5.74) is 3.26. The molecule has 4 heterocycles. The Labute approximate surface area is 178 Å². The summed E-state index contributed by atoms with van der Waals surface area (Å²) < 4.78 is 1.83. The number of H-pyrrole nitrogens is 1. The second kappa shape index (κ2) is 7.32. The molecule has 0 spiro atoms. The first-order valence-electron chi connectivity index (χ1n) is 10.0. The van der Waals surface area contributed by atoms with E-state index in [9.17, 15) is 10.1 Å². The van der Waals surface area contributed by atoms with E-state index in [-0.39, 0.29) is 11.8 Å². The number of carbonyl (C=O) groups is 1. The Morgan fingerprint density at radius 1 is 1.32 bits per heavy atom. The highest BCUT2D eigenvalue weighted by Crippen LogP contribution is 2.46. The van der Waals surface area contributed by atoms with Crippen LogP contribution in [0.2, 0.25) is 0 Å². The molecule has 0 unspecified atom stereocenters. The van der Waals surface area contributed by atoms with E-state index in [1.165, 1.54) is 0 Å². The largest absolute Gasteiger partial charge is 0.359 e. The molecule has 0 aromatic carbocycles. The monoisotopic (exact) mass is 412 g/mol. The average Bonchev–Trinajstić information content (AvgIpc) is 3.47. The van der Waals surface area contributed by atoms with Crippen molar-refractivity contribution in [3.63, 3.8) is 0 Å². The van der Waals surface area contributed by atoms with Crippen molar-refractivity contribution in [2.45, 2.75) is 24.8 Å². The maximum Gasteiger partial charge on any atom is 0.223 e. The van der Waals surface area contributed by atoms with Gasteiger partial charge in [-0.05, 0) is 43.2 Å². The quantitative estimate of drug-likeness (QED) is 0.519. The van der Waals surface area contributed by atoms with Crippen molar-refractivity contribution in [1.29, 1.82) is 5.26 Å². The molecule has 1 aliphatic carbocycles. The number of rotatable bonds is 5. The van der Waals surface area contributed by atoms with Gasteiger partial charge in [-0.25, -0.2) is 4.98 Å². The number of carbonyl (C=O) groups excluding carboxylic acids is 1. The molecule has 4 aromatic rings. The molecule has 1 amide bonds. The molecular weight excluding hydrogens is 392 g/mol. The van der Waals surface area contributed by atoms with Crippen LogP contribution in [0.3, 0.4) is 0 Å². The summed E-state index contributed by atoms with van der Waals surface area (Å²) in [6.07, 6.45) is 6.78. The fourth-order valence-electron chi connectivity index (χ4n) is 4.33. The minimum atomic E-state index is -0.473. The molecule has 1 fully saturated rings. The van der Waals surface area contributed by atoms with E-state index in [2.05, 4.69) is 26.6 Å². The lowest BCUT2D eigenvalue weighted by Crippen LogP contribution is -2.51. The SMILES string of the molecule is CNC(=O)C1CC(CC#N)(n2ccc(-c3nc(-c4ccn[nH]4)cc4ncccc34)n2)C1. The molecule has 1 aliphatic rings. The predicted molar refractivity (Wildman–Crippen MR) is 113 cm³/mol. The Morgan fingerprint density at radius 2 is 2.19 bits per heavy atom. The molecule has 1 saturated carbocycles. The van der Waals surface area contributed by atoms with Gasteiger partial charge in [-0.15, -0.1) is 0 Å². The average molecular weight is 412 g/mol. The van der Waals surface area contributed by atoms with Gasteiger partial charge in [0.1, 0.15) is 11.4 Å². The minimum absolute atomic E-state index is 0.00642. The molecule has 0 saturated heterocycles. The lowest BCUT2D eigenvalue weighted by atomic mass is 9.66. The van der Waals surface area contributed by atoms with E-state index in [0.717, 1.165) is 22.3 Å². The molecule has 4 aromatic heterocycles. The number of aromatic amines is 1. The third kappa shape index (κ3) is 3.13. The lowest BCUT2D eigenvalue weighted by Gasteiger charge is -2.45. The molecule has 0 atom stereocenters. The fraction of sp³-hybridized carbons (Fsp3) is 0.273. The van der Waals surface area contributed by atoms with Gasteiger partial charge in [0.15, 0.2) is 0 Å². The van der Waals surface area contributed by atoms with Crippen LogP contribution in [-0.4, -0.2) is 42.9 Å². The maximum absolute atomic E-state index is 12.0. The van der Waals surface area contributed by atoms with Gasteiger partial charge in [-0.1, -0.05) is 0 Å². The Kier molecular flexibility index (Phi) is 4.47. The van der Waals surface area contributed by atoms with Crippen molar-refractivity contribution in [3.05, 3.63) is 48.9 Å². The first-order chi connectivity index (χ1) is 15.1. The van der Waals surface area contributed by atoms with E-state index in [0.29, 0.717) is 30.7 Å². The van der Waals surface area contributed by atoms with E-state index >= 15 is 0 Å². The van der Waals surface area contributed by atoms with Gasteiger partial charge >= 0.3 is 0 Å². The third-order valence-electron chi connectivity index (χ3n) is 5.97. The molecule has 9 heteroatoms. The first-order valence-corrected chi connectivity index (χ1v) is 10.0. The summed E-state index contributed by atoms with van der Waals surface area (Å²) in [5, 5.41) is 24.7. The molecule has 5 rings (SSSR count). The first kappa shape index (κ1) is 18.9. The number of aromatic nitrogens is 6. The van der Waals surface area contributed by atoms with Crippen molar-refractivity contribution < 1.29 is 4.79 Å². The topological polar surface area (TPSA) is 125 Å². The molecule has 2 N–H and O–H groups in total. The zero-order chi connectivity index (χ0) is 21.4. The summed E-state index contributed by atoms with van der Waals surface area (Å²) in [5.74, 6) is -0.0928. The van der Waals surface area contributed by atoms with Crippen LogP contribution in [0.1, 0.15) is 19.3 Å². The van der Waals surface area contributed by atoms with Crippen molar-refractivity contribution in [2.24, 2.45) is 5.92 Å². The van der Waals surface area contributed by atoms with Crippen molar-refractivity contribution in [3.8, 4) is 28.8 Å². The van der Waals surface area contributed by atoms with Gasteiger partial charge in [0.2, 0.25) is 5.91 Å². The van der Waals surface area contributed by atoms with Gasteiger partial charge in [-0.2, -0.15) is 15.5 Å². The molecule has 0 radical (unpaired) electrons. The zero-order valence-corrected chi connectivity index (χ0v) is 16.9. The molecular formula is C22H20N8O. The summed E-state index contributed by atoms with van der Waals surface area (Å²) in [6, 6.07) is 11.8. The summed E-state index contributed by atoms with van der Waals surface area (Å²) in [6.45, 7) is 0. The molecule has 31 heavy (non-hydrogen) atoms. The van der Waals surface area contributed by atoms with Crippen LogP contribution >= 0.6 is 0 Å². The van der Waals surface area contributed by atoms with Gasteiger partial charge in [0, 0.05) is 36.9 Å². The van der Waals surface area contributed by atoms with E-state index in [4.69, 9.17) is 10.1 Å². The molecule has 9 nitrogen and oxygen atoms in total. The zero-order valence-electron chi connectivity index (χ0n) is 16.9. The number of fused-ring (bicyclic) bond motifs is 1. The highest BCUT2D eigenvalue weighted by atomic mass is 16.1. The van der Waals surface area contributed by atoms with Gasteiger partial charge in [0.25, 0.3) is 0 Å². The van der Waals surface area contributed by atoms with Gasteiger partial charge < -0.3 is 5.32 Å². The molecule has 154 valence electrons. The lowest BCUT2D eigenvalue weighted by molar-refractivity contribution is -0.131. The number of nitriles is 1. The maximum atomic E-state index is 12.0. The van der Waals surface area contributed by atoms with Crippen molar-refractivity contribution in [1.82, 2.24) is 35.3 Å². The van der Waals surface area contributed by atoms with Crippen LogP contribution in [0.5, 0.6) is 0 Å². The summed E-state index contributed by atoms with van der Waals surface area (Å²) in [4.78, 5) is 21.3. The highest BCUT2D eigenvalue weighted by molar-refractivity contribution is 5.93. The van der Waals surface area contributed by atoms with Crippen LogP contribution in [0.4, 0.5) is 0 Å². The predicted octanol–water partition coefficient (Wildman–Crippen LogP) is 2.65. The van der Waals surface area contributed by atoms with Crippen molar-refractivity contribution in [2.75, 3.05) is 7.05 Å². The number of hydrogen-bond acceptors (Lipinski definition) is 6. The van der Waals surface area contributed by atoms with Crippen LogP contribution in [0.15, 0.2) is 48.9 Å². The number of nitrogens with one attached hydrogen (secondary N) is 2. The molecule has 0 bridgehead atoms. The Balaban J connectivity index is 1.57. The highest BCUT2D eigenvalue weighted by Gasteiger charge is 2.49. The normalized spacial score (nSPS) is 20.2. The summed E-state index contributed by atoms with van der Waals surface area (Å²) >= 11 is 0. The second-order valence-corrected chi connectivity index (χ2v) is 7.82. The van der Waals surface area contributed by atoms with Crippen LogP contribution in [-0.2, 0) is 10.3 Å². The number of nitrogens with zero attached hydrogens (tertiary/aromatic N) is 6. The standard InChI is InChI=1S/C22H20N8O/c1-24-21(31)14-12-22(13-14,6-7-23)30-10-5-17(29-30)20-15-3-2-8-25-18(15)11-19(27-20)16-4-9-26-28-16/h2-5,8-11,14H,6,12-13H2,1H3,(H,24,31)(H,26,28). The minimum Gasteiger partial charge on any atom is -0.359 e. The number of hydrogen-bond donors (Lipinski definition) is 2. The Bertz CT molecular complexity index is 1290. The van der Waals surface area contributed by atoms with E-state index < -0.39 is 5.54 Å². The Morgan fingerprint density at radius 3 is 2.94 bits per heavy atom. The van der Waals surface area contributed by atoms with E-state index in [1.807, 2.05) is 41.2 Å². The van der Waals surface area contributed by atoms with Gasteiger partial charge in [-0.3, -0.25) is 19.6 Å². The fourth-order valence-corrected chi connectivity index (χ4v) is 4.33. The Hall–Kier alpha value is -4.06. The number of pyridine rings is 2. The van der Waals surface area contributed by atoms with Crippen LogP contribution in [0, 0.1) is 17.2 Å². The molecule has 0 aliphatic heterocycles. The van der Waals surface area contributed by atoms with Crippen molar-refractivity contribution >= 4 is 16.8 Å². The smallest absolute Gasteiger partial charge is 0.223 e. The summed E-state index contributed by atoms with van der Waals surface area (Å²) in [7, 11) is 1.64. The third-order valence-corrected chi connectivity index (χ3v) is 5.97. The van der Waals surface area contributed by atoms with Gasteiger partial charge in [0.05, 0.1) is 34.9 Å². The van der Waals surface area contributed by atoms with E-state index in [1.54, 1.807) is 19.4 Å². The number of amides is 1. The van der Waals surface area contributed by atoms with Crippen LogP contribution in [0.25, 0.3) is 33.7 Å². The second-order valence-electron chi connectivity index (χ2n) is 7.82. The van der Waals surface area contributed by atoms with Crippen LogP contribution < -0.4 is 5.32 Å².